The fourth-order valence-electron chi connectivity index (χ4n) is 2.32. The summed E-state index contributed by atoms with van der Waals surface area (Å²) in [4.78, 5) is 2.86. The lowest BCUT2D eigenvalue weighted by Gasteiger charge is -2.25. The first-order valence-corrected chi connectivity index (χ1v) is 8.26. The molecular weight excluding hydrogens is 280 g/mol. The van der Waals surface area contributed by atoms with Crippen LogP contribution in [0.25, 0.3) is 0 Å². The molecular formula is C17H28N2OS. The van der Waals surface area contributed by atoms with Gasteiger partial charge in [0.2, 0.25) is 0 Å². The summed E-state index contributed by atoms with van der Waals surface area (Å²) in [6, 6.07) is 7.67. The second-order valence-corrected chi connectivity index (χ2v) is 5.76. The van der Waals surface area contributed by atoms with E-state index in [1.54, 1.807) is 0 Å². The highest BCUT2D eigenvalue weighted by atomic mass is 32.1. The van der Waals surface area contributed by atoms with Crippen LogP contribution in [-0.2, 0) is 0 Å². The Balaban J connectivity index is 2.44. The molecule has 21 heavy (non-hydrogen) atoms. The largest absolute Gasteiger partial charge is 0.492 e. The molecule has 0 radical (unpaired) electrons. The van der Waals surface area contributed by atoms with Crippen molar-refractivity contribution in [3.8, 4) is 5.75 Å². The van der Waals surface area contributed by atoms with Crippen LogP contribution < -0.4 is 10.5 Å². The average molecular weight is 308 g/mol. The molecule has 0 saturated carbocycles. The highest BCUT2D eigenvalue weighted by Crippen LogP contribution is 2.14. The molecule has 1 rings (SSSR count). The maximum atomic E-state index is 5.82. The number of nitrogens with zero attached hydrogens (tertiary/aromatic N) is 1. The van der Waals surface area contributed by atoms with E-state index in [2.05, 4.69) is 25.7 Å². The molecule has 1 aromatic rings. The summed E-state index contributed by atoms with van der Waals surface area (Å²) < 4.78 is 5.82. The third-order valence-electron chi connectivity index (χ3n) is 3.91. The lowest BCUT2D eigenvalue weighted by Crippen LogP contribution is -2.32. The molecule has 0 fully saturated rings. The van der Waals surface area contributed by atoms with E-state index in [1.807, 2.05) is 24.3 Å². The Morgan fingerprint density at radius 3 is 2.57 bits per heavy atom. The zero-order chi connectivity index (χ0) is 15.7. The monoisotopic (exact) mass is 308 g/mol. The molecule has 0 aromatic heterocycles. The third-order valence-corrected chi connectivity index (χ3v) is 4.15. The molecule has 2 N–H and O–H groups in total. The minimum atomic E-state index is 0.407. The Hall–Kier alpha value is -1.13. The van der Waals surface area contributed by atoms with Crippen LogP contribution in [-0.4, -0.2) is 36.1 Å². The van der Waals surface area contributed by atoms with Gasteiger partial charge >= 0.3 is 0 Å². The van der Waals surface area contributed by atoms with Gasteiger partial charge in [-0.3, -0.25) is 4.90 Å². The zero-order valence-corrected chi connectivity index (χ0v) is 14.3. The van der Waals surface area contributed by atoms with Gasteiger partial charge < -0.3 is 10.5 Å². The maximum Gasteiger partial charge on any atom is 0.120 e. The van der Waals surface area contributed by atoms with Gasteiger partial charge in [-0.2, -0.15) is 0 Å². The molecule has 0 aliphatic rings. The Morgan fingerprint density at radius 1 is 1.29 bits per heavy atom. The van der Waals surface area contributed by atoms with Crippen LogP contribution >= 0.6 is 12.2 Å². The van der Waals surface area contributed by atoms with E-state index in [0.29, 0.717) is 11.6 Å². The number of hydrogen-bond donors (Lipinski definition) is 1. The van der Waals surface area contributed by atoms with Crippen LogP contribution in [0.1, 0.15) is 39.2 Å². The molecule has 4 heteroatoms. The van der Waals surface area contributed by atoms with E-state index in [-0.39, 0.29) is 0 Å². The van der Waals surface area contributed by atoms with Crippen LogP contribution in [0.4, 0.5) is 0 Å². The number of benzene rings is 1. The van der Waals surface area contributed by atoms with Crippen LogP contribution in [0.15, 0.2) is 24.3 Å². The van der Waals surface area contributed by atoms with E-state index in [1.165, 1.54) is 12.8 Å². The number of nitrogens with two attached hydrogens (primary N) is 1. The molecule has 0 aliphatic heterocycles. The summed E-state index contributed by atoms with van der Waals surface area (Å²) in [5.41, 5.74) is 6.49. The minimum absolute atomic E-state index is 0.407. The van der Waals surface area contributed by atoms with Gasteiger partial charge in [-0.05, 0) is 24.6 Å². The van der Waals surface area contributed by atoms with Gasteiger partial charge in [-0.25, -0.2) is 0 Å². The fraction of sp³-hybridized carbons (Fsp3) is 0.588. The van der Waals surface area contributed by atoms with Gasteiger partial charge in [-0.1, -0.05) is 58.0 Å². The summed E-state index contributed by atoms with van der Waals surface area (Å²) >= 11 is 4.98. The summed E-state index contributed by atoms with van der Waals surface area (Å²) in [7, 11) is 0. The standard InChI is InChI=1S/C17H28N2OS/c1-4-14(5-2)13-19(6-3)10-11-20-16-9-7-8-15(12-16)17(18)21/h7-9,12,14H,4-6,10-11,13H2,1-3H3,(H2,18,21). The topological polar surface area (TPSA) is 38.5 Å². The highest BCUT2D eigenvalue weighted by Gasteiger charge is 2.10. The first kappa shape index (κ1) is 17.9. The SMILES string of the molecule is CCC(CC)CN(CC)CCOc1cccc(C(N)=S)c1. The second kappa shape index (κ2) is 9.74. The predicted octanol–water partition coefficient (Wildman–Crippen LogP) is 3.46. The summed E-state index contributed by atoms with van der Waals surface area (Å²) in [6.07, 6.45) is 2.48. The summed E-state index contributed by atoms with van der Waals surface area (Å²) in [5, 5.41) is 0. The van der Waals surface area contributed by atoms with Gasteiger partial charge in [0.05, 0.1) is 0 Å². The number of hydrogen-bond acceptors (Lipinski definition) is 3. The van der Waals surface area contributed by atoms with Crippen LogP contribution in [0.3, 0.4) is 0 Å². The van der Waals surface area contributed by atoms with Crippen molar-refractivity contribution in [1.82, 2.24) is 4.90 Å². The zero-order valence-electron chi connectivity index (χ0n) is 13.5. The van der Waals surface area contributed by atoms with Crippen LogP contribution in [0.2, 0.25) is 0 Å². The first-order valence-electron chi connectivity index (χ1n) is 7.85. The predicted molar refractivity (Wildman–Crippen MR) is 94.0 cm³/mol. The van der Waals surface area contributed by atoms with Gasteiger partial charge in [0.1, 0.15) is 17.3 Å². The molecule has 0 aliphatic carbocycles. The van der Waals surface area contributed by atoms with Crippen molar-refractivity contribution < 1.29 is 4.74 Å². The molecule has 0 saturated heterocycles. The van der Waals surface area contributed by atoms with Crippen LogP contribution in [0, 0.1) is 5.92 Å². The Labute approximate surface area is 134 Å². The van der Waals surface area contributed by atoms with Crippen molar-refractivity contribution in [1.29, 1.82) is 0 Å². The highest BCUT2D eigenvalue weighted by molar-refractivity contribution is 7.80. The van der Waals surface area contributed by atoms with Crippen molar-refractivity contribution in [3.05, 3.63) is 29.8 Å². The second-order valence-electron chi connectivity index (χ2n) is 5.32. The molecule has 0 spiro atoms. The van der Waals surface area contributed by atoms with Gasteiger partial charge in [-0.15, -0.1) is 0 Å². The Bertz CT molecular complexity index is 433. The molecule has 118 valence electrons. The van der Waals surface area contributed by atoms with Crippen molar-refractivity contribution >= 4 is 17.2 Å². The Kier molecular flexibility index (Phi) is 8.31. The lowest BCUT2D eigenvalue weighted by molar-refractivity contribution is 0.188. The van der Waals surface area contributed by atoms with Crippen molar-refractivity contribution in [2.24, 2.45) is 11.7 Å². The van der Waals surface area contributed by atoms with E-state index >= 15 is 0 Å². The lowest BCUT2D eigenvalue weighted by atomic mass is 10.0. The van der Waals surface area contributed by atoms with E-state index in [4.69, 9.17) is 22.7 Å². The quantitative estimate of drug-likeness (QED) is 0.672. The molecule has 0 amide bonds. The Morgan fingerprint density at radius 2 is 2.00 bits per heavy atom. The van der Waals surface area contributed by atoms with E-state index in [0.717, 1.165) is 36.9 Å². The molecule has 0 bridgehead atoms. The average Bonchev–Trinajstić information content (AvgIpc) is 2.51. The smallest absolute Gasteiger partial charge is 0.120 e. The fourth-order valence-corrected chi connectivity index (χ4v) is 2.45. The van der Waals surface area contributed by atoms with E-state index < -0.39 is 0 Å². The van der Waals surface area contributed by atoms with Gasteiger partial charge in [0.15, 0.2) is 0 Å². The number of thiocarbonyl (C=S) groups is 1. The molecule has 0 heterocycles. The number of likely N-dealkylation sites (N-methyl/N-ethyl adjacent to an activating group) is 1. The molecule has 0 atom stereocenters. The third kappa shape index (κ3) is 6.44. The van der Waals surface area contributed by atoms with Crippen molar-refractivity contribution in [2.75, 3.05) is 26.2 Å². The molecule has 3 nitrogen and oxygen atoms in total. The van der Waals surface area contributed by atoms with Crippen LogP contribution in [0.5, 0.6) is 5.75 Å². The molecule has 0 unspecified atom stereocenters. The maximum absolute atomic E-state index is 5.82. The van der Waals surface area contributed by atoms with Gasteiger partial charge in [0.25, 0.3) is 0 Å². The van der Waals surface area contributed by atoms with Crippen molar-refractivity contribution in [2.45, 2.75) is 33.6 Å². The van der Waals surface area contributed by atoms with E-state index in [9.17, 15) is 0 Å². The first-order chi connectivity index (χ1) is 10.1. The minimum Gasteiger partial charge on any atom is -0.492 e. The number of ether oxygens (including phenoxy) is 1. The number of rotatable bonds is 10. The normalized spacial score (nSPS) is 11.1. The van der Waals surface area contributed by atoms with Crippen molar-refractivity contribution in [3.63, 3.8) is 0 Å². The molecule has 1 aromatic carbocycles. The summed E-state index contributed by atoms with van der Waals surface area (Å²) in [5.74, 6) is 1.61. The summed E-state index contributed by atoms with van der Waals surface area (Å²) in [6.45, 7) is 10.6. The van der Waals surface area contributed by atoms with Gasteiger partial charge in [0, 0.05) is 18.7 Å².